The van der Waals surface area contributed by atoms with Gasteiger partial charge in [-0.1, -0.05) is 11.8 Å². The third-order valence-corrected chi connectivity index (χ3v) is 7.94. The number of hydrogen-bond donors (Lipinski definition) is 0. The highest BCUT2D eigenvalue weighted by molar-refractivity contribution is 7.99. The van der Waals surface area contributed by atoms with E-state index in [1.807, 2.05) is 18.2 Å². The van der Waals surface area contributed by atoms with Gasteiger partial charge in [-0.2, -0.15) is 4.68 Å². The lowest BCUT2D eigenvalue weighted by Crippen LogP contribution is -2.50. The molecule has 6 rings (SSSR count). The van der Waals surface area contributed by atoms with Gasteiger partial charge >= 0.3 is 0 Å². The predicted molar refractivity (Wildman–Crippen MR) is 109 cm³/mol. The molecule has 29 heavy (non-hydrogen) atoms. The Bertz CT molecular complexity index is 893. The molecule has 0 unspecified atom stereocenters. The molecule has 154 valence electrons. The molecule has 0 saturated heterocycles. The highest BCUT2D eigenvalue weighted by atomic mass is 32.2. The number of carbonyl (C=O) groups is 1. The molecule has 1 heterocycles. The van der Waals surface area contributed by atoms with Gasteiger partial charge in [-0.25, -0.2) is 0 Å². The highest BCUT2D eigenvalue weighted by Gasteiger charge is 2.54. The number of methoxy groups -OCH3 is 2. The molecule has 2 aromatic rings. The van der Waals surface area contributed by atoms with Crippen molar-refractivity contribution in [3.8, 4) is 17.2 Å². The summed E-state index contributed by atoms with van der Waals surface area (Å²) < 4.78 is 12.4. The van der Waals surface area contributed by atoms with Gasteiger partial charge in [0.15, 0.2) is 0 Å². The fraction of sp³-hybridized carbons (Fsp3) is 0.619. The molecule has 4 fully saturated rings. The van der Waals surface area contributed by atoms with E-state index in [9.17, 15) is 4.79 Å². The van der Waals surface area contributed by atoms with Crippen molar-refractivity contribution in [2.24, 2.45) is 23.2 Å². The van der Waals surface area contributed by atoms with Crippen LogP contribution in [0.1, 0.15) is 38.5 Å². The van der Waals surface area contributed by atoms with E-state index in [2.05, 4.69) is 15.5 Å². The van der Waals surface area contributed by atoms with Crippen LogP contribution in [0, 0.1) is 23.2 Å². The van der Waals surface area contributed by atoms with Gasteiger partial charge < -0.3 is 9.47 Å². The first kappa shape index (κ1) is 18.9. The normalized spacial score (nSPS) is 29.8. The van der Waals surface area contributed by atoms with Crippen molar-refractivity contribution in [2.75, 3.05) is 20.0 Å². The molecular formula is C21H26N4O3S. The number of rotatable bonds is 7. The van der Waals surface area contributed by atoms with Crippen LogP contribution in [-0.4, -0.2) is 46.0 Å². The monoisotopic (exact) mass is 414 g/mol. The Labute approximate surface area is 174 Å². The third-order valence-electron chi connectivity index (χ3n) is 7.02. The standard InChI is InChI=1S/C21H26N4O3S/c1-27-16-3-4-18(28-2)17(8-16)25-20(22-23-24-25)29-12-19(26)21-9-13-5-14(10-21)7-15(6-13)11-21/h3-4,8,13-15H,5-7,9-12H2,1-2H3. The summed E-state index contributed by atoms with van der Waals surface area (Å²) >= 11 is 1.42. The minimum absolute atomic E-state index is 0.0896. The van der Waals surface area contributed by atoms with E-state index in [1.165, 1.54) is 31.0 Å². The van der Waals surface area contributed by atoms with Crippen LogP contribution in [0.2, 0.25) is 0 Å². The summed E-state index contributed by atoms with van der Waals surface area (Å²) in [5.74, 6) is 4.43. The minimum Gasteiger partial charge on any atom is -0.497 e. The predicted octanol–water partition coefficient (Wildman–Crippen LogP) is 3.56. The van der Waals surface area contributed by atoms with Crippen LogP contribution in [0.4, 0.5) is 0 Å². The Hall–Kier alpha value is -2.09. The van der Waals surface area contributed by atoms with Crippen LogP contribution >= 0.6 is 11.8 Å². The zero-order chi connectivity index (χ0) is 20.0. The molecule has 4 aliphatic carbocycles. The first-order chi connectivity index (χ1) is 14.1. The second-order valence-corrected chi connectivity index (χ2v) is 9.76. The number of thioether (sulfide) groups is 1. The molecule has 8 heteroatoms. The zero-order valence-electron chi connectivity index (χ0n) is 16.8. The zero-order valence-corrected chi connectivity index (χ0v) is 17.7. The number of Topliss-reactive ketones (excluding diaryl/α,β-unsaturated/α-hetero) is 1. The summed E-state index contributed by atoms with van der Waals surface area (Å²) in [6.45, 7) is 0. The Kier molecular flexibility index (Phi) is 4.76. The Morgan fingerprint density at radius 1 is 1.14 bits per heavy atom. The lowest BCUT2D eigenvalue weighted by molar-refractivity contribution is -0.141. The number of tetrazole rings is 1. The number of aromatic nitrogens is 4. The summed E-state index contributed by atoms with van der Waals surface area (Å²) in [6, 6.07) is 5.49. The second kappa shape index (κ2) is 7.31. The van der Waals surface area contributed by atoms with Crippen molar-refractivity contribution < 1.29 is 14.3 Å². The van der Waals surface area contributed by atoms with Crippen LogP contribution < -0.4 is 9.47 Å². The van der Waals surface area contributed by atoms with E-state index in [0.29, 0.717) is 33.9 Å². The average Bonchev–Trinajstić information content (AvgIpc) is 3.19. The third kappa shape index (κ3) is 3.31. The number of nitrogens with zero attached hydrogens (tertiary/aromatic N) is 4. The highest BCUT2D eigenvalue weighted by Crippen LogP contribution is 2.60. The Morgan fingerprint density at radius 2 is 1.83 bits per heavy atom. The van der Waals surface area contributed by atoms with Gasteiger partial charge in [0.1, 0.15) is 23.0 Å². The van der Waals surface area contributed by atoms with Crippen molar-refractivity contribution in [1.29, 1.82) is 0 Å². The molecule has 1 aromatic carbocycles. The Balaban J connectivity index is 1.35. The first-order valence-corrected chi connectivity index (χ1v) is 11.3. The van der Waals surface area contributed by atoms with Gasteiger partial charge in [0.25, 0.3) is 0 Å². The lowest BCUT2D eigenvalue weighted by atomic mass is 9.48. The average molecular weight is 415 g/mol. The summed E-state index contributed by atoms with van der Waals surface area (Å²) in [5.41, 5.74) is 0.606. The summed E-state index contributed by atoms with van der Waals surface area (Å²) in [5, 5.41) is 12.7. The lowest BCUT2D eigenvalue weighted by Gasteiger charge is -2.56. The fourth-order valence-corrected chi connectivity index (χ4v) is 7.04. The number of benzene rings is 1. The van der Waals surface area contributed by atoms with E-state index in [0.717, 1.165) is 37.0 Å². The van der Waals surface area contributed by atoms with Gasteiger partial charge in [-0.3, -0.25) is 4.79 Å². The van der Waals surface area contributed by atoms with Crippen LogP contribution in [-0.2, 0) is 4.79 Å². The van der Waals surface area contributed by atoms with E-state index in [1.54, 1.807) is 18.9 Å². The van der Waals surface area contributed by atoms with Crippen LogP contribution in [0.25, 0.3) is 5.69 Å². The SMILES string of the molecule is COc1ccc(OC)c(-n2nnnc2SCC(=O)C23CC4CC(CC(C4)C2)C3)c1. The van der Waals surface area contributed by atoms with Gasteiger partial charge in [-0.05, 0) is 78.8 Å². The molecule has 0 amide bonds. The molecule has 0 aliphatic heterocycles. The number of hydrogen-bond acceptors (Lipinski definition) is 7. The quantitative estimate of drug-likeness (QED) is 0.641. The van der Waals surface area contributed by atoms with Crippen LogP contribution in [0.5, 0.6) is 11.5 Å². The number of carbonyl (C=O) groups excluding carboxylic acids is 1. The minimum atomic E-state index is -0.0896. The van der Waals surface area contributed by atoms with Crippen molar-refractivity contribution in [3.05, 3.63) is 18.2 Å². The number of ether oxygens (including phenoxy) is 2. The van der Waals surface area contributed by atoms with Crippen molar-refractivity contribution >= 4 is 17.5 Å². The summed E-state index contributed by atoms with van der Waals surface area (Å²) in [7, 11) is 3.23. The van der Waals surface area contributed by atoms with Crippen LogP contribution in [0.15, 0.2) is 23.4 Å². The van der Waals surface area contributed by atoms with E-state index in [4.69, 9.17) is 9.47 Å². The molecule has 4 bridgehead atoms. The summed E-state index contributed by atoms with van der Waals surface area (Å²) in [6.07, 6.45) is 7.29. The first-order valence-electron chi connectivity index (χ1n) is 10.3. The molecule has 0 spiro atoms. The maximum absolute atomic E-state index is 13.3. The molecule has 0 N–H and O–H groups in total. The topological polar surface area (TPSA) is 79.1 Å². The second-order valence-electron chi connectivity index (χ2n) is 8.82. The van der Waals surface area contributed by atoms with E-state index < -0.39 is 0 Å². The van der Waals surface area contributed by atoms with E-state index in [-0.39, 0.29) is 5.41 Å². The van der Waals surface area contributed by atoms with Crippen LogP contribution in [0.3, 0.4) is 0 Å². The Morgan fingerprint density at radius 3 is 2.45 bits per heavy atom. The number of ketones is 1. The fourth-order valence-electron chi connectivity index (χ4n) is 6.12. The molecule has 0 radical (unpaired) electrons. The molecular weight excluding hydrogens is 388 g/mol. The molecule has 0 atom stereocenters. The van der Waals surface area contributed by atoms with Gasteiger partial charge in [0, 0.05) is 11.5 Å². The van der Waals surface area contributed by atoms with E-state index >= 15 is 0 Å². The van der Waals surface area contributed by atoms with Crippen molar-refractivity contribution in [3.63, 3.8) is 0 Å². The molecule has 1 aromatic heterocycles. The maximum atomic E-state index is 13.3. The van der Waals surface area contributed by atoms with Crippen molar-refractivity contribution in [2.45, 2.75) is 43.7 Å². The van der Waals surface area contributed by atoms with Gasteiger partial charge in [0.05, 0.1) is 20.0 Å². The molecule has 7 nitrogen and oxygen atoms in total. The smallest absolute Gasteiger partial charge is 0.214 e. The molecule has 4 aliphatic rings. The maximum Gasteiger partial charge on any atom is 0.214 e. The summed E-state index contributed by atoms with van der Waals surface area (Å²) in [4.78, 5) is 13.3. The van der Waals surface area contributed by atoms with Crippen molar-refractivity contribution in [1.82, 2.24) is 20.2 Å². The van der Waals surface area contributed by atoms with Gasteiger partial charge in [-0.15, -0.1) is 5.10 Å². The molecule has 4 saturated carbocycles. The largest absolute Gasteiger partial charge is 0.497 e. The van der Waals surface area contributed by atoms with Gasteiger partial charge in [0.2, 0.25) is 5.16 Å².